The predicted octanol–water partition coefficient (Wildman–Crippen LogP) is 3.93. The molecule has 1 atom stereocenters. The first-order chi connectivity index (χ1) is 13.2. The van der Waals surface area contributed by atoms with Gasteiger partial charge in [0.2, 0.25) is 0 Å². The number of rotatable bonds is 4. The van der Waals surface area contributed by atoms with E-state index in [4.69, 9.17) is 16.3 Å². The van der Waals surface area contributed by atoms with Crippen LogP contribution in [0.2, 0.25) is 5.02 Å². The average Bonchev–Trinajstić information content (AvgIpc) is 2.93. The largest absolute Gasteiger partial charge is 0.467 e. The minimum atomic E-state index is -1.97. The van der Waals surface area contributed by atoms with Crippen LogP contribution in [0.25, 0.3) is 10.9 Å². The molecule has 2 aromatic carbocycles. The van der Waals surface area contributed by atoms with E-state index in [-0.39, 0.29) is 16.3 Å². The molecule has 0 saturated heterocycles. The number of carbonyl (C=O) groups excluding carboxylic acids is 2. The number of aryl methyl sites for hydroxylation is 1. The van der Waals surface area contributed by atoms with Gasteiger partial charge in [0.15, 0.2) is 5.54 Å². The van der Waals surface area contributed by atoms with Gasteiger partial charge in [0.25, 0.3) is 5.91 Å². The van der Waals surface area contributed by atoms with Crippen molar-refractivity contribution in [3.63, 3.8) is 0 Å². The molecule has 3 rings (SSSR count). The number of nitrogens with zero attached hydrogens (tertiary/aromatic N) is 1. The highest BCUT2D eigenvalue weighted by Gasteiger charge is 2.41. The third-order valence-corrected chi connectivity index (χ3v) is 5.07. The molecule has 0 aliphatic rings. The van der Waals surface area contributed by atoms with Crippen LogP contribution in [0.15, 0.2) is 42.5 Å². The minimum absolute atomic E-state index is 0.0785. The van der Waals surface area contributed by atoms with E-state index in [2.05, 4.69) is 5.32 Å². The second-order valence-electron chi connectivity index (χ2n) is 6.43. The van der Waals surface area contributed by atoms with Crippen LogP contribution < -0.4 is 5.32 Å². The molecule has 146 valence electrons. The summed E-state index contributed by atoms with van der Waals surface area (Å²) >= 11 is 6.37. The quantitative estimate of drug-likeness (QED) is 0.668. The highest BCUT2D eigenvalue weighted by Crippen LogP contribution is 2.32. The lowest BCUT2D eigenvalue weighted by Gasteiger charge is -2.29. The Labute approximate surface area is 164 Å². The Kier molecular flexibility index (Phi) is 5.12. The van der Waals surface area contributed by atoms with E-state index in [1.165, 1.54) is 6.92 Å². The van der Waals surface area contributed by atoms with Crippen LogP contribution in [0.4, 0.5) is 8.78 Å². The van der Waals surface area contributed by atoms with Crippen LogP contribution in [0.3, 0.4) is 0 Å². The third-order valence-electron chi connectivity index (χ3n) is 4.68. The van der Waals surface area contributed by atoms with Gasteiger partial charge < -0.3 is 14.6 Å². The normalized spacial score (nSPS) is 13.2. The van der Waals surface area contributed by atoms with Crippen molar-refractivity contribution in [2.45, 2.75) is 12.5 Å². The number of para-hydroxylation sites is 1. The first-order valence-corrected chi connectivity index (χ1v) is 8.68. The summed E-state index contributed by atoms with van der Waals surface area (Å²) in [4.78, 5) is 25.5. The Bertz CT molecular complexity index is 1060. The van der Waals surface area contributed by atoms with Gasteiger partial charge in [-0.1, -0.05) is 29.8 Å². The molecule has 28 heavy (non-hydrogen) atoms. The SMILES string of the molecule is COC(=O)C(C)(NC(=O)c1c(Cl)c2ccccc2n1C)c1cc(F)ccc1F. The number of amides is 1. The number of ether oxygens (including phenoxy) is 1. The lowest BCUT2D eigenvalue weighted by molar-refractivity contribution is -0.148. The molecule has 8 heteroatoms. The van der Waals surface area contributed by atoms with Gasteiger partial charge in [0.05, 0.1) is 12.1 Å². The standard InChI is InChI=1S/C20H17ClF2N2O3/c1-20(19(27)28-3,13-10-11(22)8-9-14(13)23)24-18(26)17-16(21)12-6-4-5-7-15(12)25(17)2/h4-10H,1-3H3,(H,24,26). The van der Waals surface area contributed by atoms with Gasteiger partial charge in [-0.05, 0) is 31.2 Å². The van der Waals surface area contributed by atoms with Crippen molar-refractivity contribution in [1.82, 2.24) is 9.88 Å². The Morgan fingerprint density at radius 3 is 2.50 bits per heavy atom. The number of nitrogens with one attached hydrogen (secondary N) is 1. The maximum absolute atomic E-state index is 14.4. The van der Waals surface area contributed by atoms with Crippen LogP contribution in [0, 0.1) is 11.6 Å². The monoisotopic (exact) mass is 406 g/mol. The first kappa shape index (κ1) is 19.8. The minimum Gasteiger partial charge on any atom is -0.467 e. The second-order valence-corrected chi connectivity index (χ2v) is 6.81. The number of benzene rings is 2. The summed E-state index contributed by atoms with van der Waals surface area (Å²) in [7, 11) is 2.73. The summed E-state index contributed by atoms with van der Waals surface area (Å²) in [6.07, 6.45) is 0. The summed E-state index contributed by atoms with van der Waals surface area (Å²) in [5.41, 5.74) is -1.55. The Morgan fingerprint density at radius 2 is 1.86 bits per heavy atom. The number of aromatic nitrogens is 1. The zero-order chi connectivity index (χ0) is 20.6. The highest BCUT2D eigenvalue weighted by molar-refractivity contribution is 6.38. The van der Waals surface area contributed by atoms with Crippen molar-refractivity contribution >= 4 is 34.4 Å². The van der Waals surface area contributed by atoms with E-state index in [0.29, 0.717) is 10.9 Å². The highest BCUT2D eigenvalue weighted by atomic mass is 35.5. The van der Waals surface area contributed by atoms with Gasteiger partial charge in [0.1, 0.15) is 17.3 Å². The van der Waals surface area contributed by atoms with Crippen molar-refractivity contribution in [3.05, 3.63) is 70.4 Å². The molecular weight excluding hydrogens is 390 g/mol. The lowest BCUT2D eigenvalue weighted by atomic mass is 9.91. The summed E-state index contributed by atoms with van der Waals surface area (Å²) in [5.74, 6) is -3.32. The number of methoxy groups -OCH3 is 1. The van der Waals surface area contributed by atoms with Gasteiger partial charge in [-0.2, -0.15) is 0 Å². The average molecular weight is 407 g/mol. The molecule has 5 nitrogen and oxygen atoms in total. The Hall–Kier alpha value is -2.93. The number of halogens is 3. The maximum atomic E-state index is 14.4. The lowest BCUT2D eigenvalue weighted by Crippen LogP contribution is -2.51. The molecule has 0 spiro atoms. The molecule has 1 N–H and O–H groups in total. The van der Waals surface area contributed by atoms with E-state index >= 15 is 0 Å². The van der Waals surface area contributed by atoms with Gasteiger partial charge in [0, 0.05) is 23.5 Å². The molecule has 0 saturated carbocycles. The van der Waals surface area contributed by atoms with Crippen molar-refractivity contribution in [2.75, 3.05) is 7.11 Å². The van der Waals surface area contributed by atoms with Gasteiger partial charge in [-0.15, -0.1) is 0 Å². The summed E-state index contributed by atoms with van der Waals surface area (Å²) in [6, 6.07) is 9.73. The molecule has 0 fully saturated rings. The molecule has 0 bridgehead atoms. The van der Waals surface area contributed by atoms with Crippen molar-refractivity contribution in [1.29, 1.82) is 0 Å². The molecule has 0 aliphatic carbocycles. The summed E-state index contributed by atoms with van der Waals surface area (Å²) in [5, 5.41) is 3.29. The molecule has 3 aromatic rings. The predicted molar refractivity (Wildman–Crippen MR) is 101 cm³/mol. The molecule has 1 unspecified atom stereocenters. The first-order valence-electron chi connectivity index (χ1n) is 8.30. The molecule has 1 aromatic heterocycles. The van der Waals surface area contributed by atoms with Crippen LogP contribution in [-0.4, -0.2) is 23.6 Å². The molecular formula is C20H17ClF2N2O3. The zero-order valence-corrected chi connectivity index (χ0v) is 16.1. The van der Waals surface area contributed by atoms with Crippen LogP contribution in [0.1, 0.15) is 23.0 Å². The number of carbonyl (C=O) groups is 2. The van der Waals surface area contributed by atoms with Crippen molar-refractivity contribution in [2.24, 2.45) is 7.05 Å². The van der Waals surface area contributed by atoms with Crippen LogP contribution in [-0.2, 0) is 22.1 Å². The fourth-order valence-corrected chi connectivity index (χ4v) is 3.57. The van der Waals surface area contributed by atoms with Gasteiger partial charge in [-0.3, -0.25) is 4.79 Å². The smallest absolute Gasteiger partial charge is 0.336 e. The maximum Gasteiger partial charge on any atom is 0.336 e. The van der Waals surface area contributed by atoms with Crippen LogP contribution in [0.5, 0.6) is 0 Å². The second kappa shape index (κ2) is 7.24. The van der Waals surface area contributed by atoms with E-state index in [1.54, 1.807) is 35.9 Å². The van der Waals surface area contributed by atoms with Crippen molar-refractivity contribution < 1.29 is 23.1 Å². The molecule has 0 aliphatic heterocycles. The fourth-order valence-electron chi connectivity index (χ4n) is 3.20. The topological polar surface area (TPSA) is 60.3 Å². The number of hydrogen-bond acceptors (Lipinski definition) is 3. The Balaban J connectivity index is 2.11. The van der Waals surface area contributed by atoms with Crippen LogP contribution >= 0.6 is 11.6 Å². The third kappa shape index (κ3) is 3.11. The van der Waals surface area contributed by atoms with E-state index in [0.717, 1.165) is 25.3 Å². The van der Waals surface area contributed by atoms with Gasteiger partial charge >= 0.3 is 5.97 Å². The molecule has 1 heterocycles. The fraction of sp³-hybridized carbons (Fsp3) is 0.200. The van der Waals surface area contributed by atoms with E-state index < -0.39 is 29.0 Å². The Morgan fingerprint density at radius 1 is 1.18 bits per heavy atom. The van der Waals surface area contributed by atoms with Crippen molar-refractivity contribution in [3.8, 4) is 0 Å². The summed E-state index contributed by atoms with van der Waals surface area (Å²) in [6.45, 7) is 1.24. The number of esters is 1. The number of fused-ring (bicyclic) bond motifs is 1. The van der Waals surface area contributed by atoms with E-state index in [9.17, 15) is 18.4 Å². The number of hydrogen-bond donors (Lipinski definition) is 1. The summed E-state index contributed by atoms with van der Waals surface area (Å²) < 4.78 is 34.4. The van der Waals surface area contributed by atoms with Gasteiger partial charge in [-0.25, -0.2) is 13.6 Å². The zero-order valence-electron chi connectivity index (χ0n) is 15.3. The van der Waals surface area contributed by atoms with E-state index in [1.807, 2.05) is 0 Å². The molecule has 1 amide bonds. The molecule has 0 radical (unpaired) electrons.